The first-order valence-corrected chi connectivity index (χ1v) is 4.22. The molecule has 0 spiro atoms. The van der Waals surface area contributed by atoms with Crippen LogP contribution in [0, 0.1) is 0 Å². The molecule has 1 amide bonds. The molecule has 0 heterocycles. The summed E-state index contributed by atoms with van der Waals surface area (Å²) in [5.74, 6) is 0.496. The summed E-state index contributed by atoms with van der Waals surface area (Å²) in [6, 6.07) is 13.1. The van der Waals surface area contributed by atoms with Crippen LogP contribution in [0.15, 0.2) is 42.5 Å². The molecule has 15 heavy (non-hydrogen) atoms. The standard InChI is InChI=1S/C11H9NO2.ClH/c12-11(13)14-10-7-3-5-8-4-1-2-6-9(8)10;/h1-7H,(H2,12,13);1H. The fourth-order valence-corrected chi connectivity index (χ4v) is 1.39. The number of ether oxygens (including phenoxy) is 1. The van der Waals surface area contributed by atoms with Gasteiger partial charge < -0.3 is 10.5 Å². The lowest BCUT2D eigenvalue weighted by Crippen LogP contribution is -2.16. The lowest BCUT2D eigenvalue weighted by molar-refractivity contribution is 0.211. The summed E-state index contributed by atoms with van der Waals surface area (Å²) in [6.07, 6.45) is -0.790. The largest absolute Gasteiger partial charge is 0.410 e. The van der Waals surface area contributed by atoms with Crippen LogP contribution in [0.25, 0.3) is 10.8 Å². The highest BCUT2D eigenvalue weighted by atomic mass is 35.5. The van der Waals surface area contributed by atoms with Crippen molar-refractivity contribution in [1.29, 1.82) is 0 Å². The van der Waals surface area contributed by atoms with Gasteiger partial charge in [-0.2, -0.15) is 0 Å². The molecular weight excluding hydrogens is 214 g/mol. The second-order valence-electron chi connectivity index (χ2n) is 2.90. The van der Waals surface area contributed by atoms with Crippen LogP contribution in [-0.4, -0.2) is 6.09 Å². The number of halogens is 1. The summed E-state index contributed by atoms with van der Waals surface area (Å²) in [5, 5.41) is 1.90. The fraction of sp³-hybridized carbons (Fsp3) is 0. The maximum atomic E-state index is 10.6. The van der Waals surface area contributed by atoms with E-state index in [2.05, 4.69) is 0 Å². The van der Waals surface area contributed by atoms with Crippen molar-refractivity contribution in [3.8, 4) is 5.75 Å². The van der Waals surface area contributed by atoms with E-state index in [1.807, 2.05) is 36.4 Å². The summed E-state index contributed by atoms with van der Waals surface area (Å²) in [4.78, 5) is 10.6. The first-order chi connectivity index (χ1) is 6.77. The minimum atomic E-state index is -0.790. The van der Waals surface area contributed by atoms with Crippen molar-refractivity contribution in [2.24, 2.45) is 5.73 Å². The molecule has 2 rings (SSSR count). The molecule has 0 aliphatic heterocycles. The number of hydrogen-bond acceptors (Lipinski definition) is 2. The molecule has 3 nitrogen and oxygen atoms in total. The molecule has 4 heteroatoms. The highest BCUT2D eigenvalue weighted by Gasteiger charge is 2.02. The predicted molar refractivity (Wildman–Crippen MR) is 61.4 cm³/mol. The minimum absolute atomic E-state index is 0. The third-order valence-electron chi connectivity index (χ3n) is 1.96. The molecule has 0 fully saturated rings. The Balaban J connectivity index is 0.00000112. The van der Waals surface area contributed by atoms with E-state index in [0.717, 1.165) is 10.8 Å². The zero-order chi connectivity index (χ0) is 9.97. The average Bonchev–Trinajstić information content (AvgIpc) is 2.18. The molecule has 0 saturated heterocycles. The van der Waals surface area contributed by atoms with E-state index >= 15 is 0 Å². The van der Waals surface area contributed by atoms with Gasteiger partial charge in [-0.3, -0.25) is 0 Å². The van der Waals surface area contributed by atoms with Crippen molar-refractivity contribution < 1.29 is 9.53 Å². The molecule has 0 radical (unpaired) electrons. The average molecular weight is 224 g/mol. The van der Waals surface area contributed by atoms with Gasteiger partial charge in [-0.1, -0.05) is 36.4 Å². The van der Waals surface area contributed by atoms with Gasteiger partial charge in [0.25, 0.3) is 0 Å². The first kappa shape index (κ1) is 11.3. The van der Waals surface area contributed by atoms with Gasteiger partial charge in [-0.15, -0.1) is 12.4 Å². The number of hydrogen-bond donors (Lipinski definition) is 1. The summed E-state index contributed by atoms with van der Waals surface area (Å²) < 4.78 is 4.87. The summed E-state index contributed by atoms with van der Waals surface area (Å²) in [5.41, 5.74) is 4.95. The minimum Gasteiger partial charge on any atom is -0.410 e. The van der Waals surface area contributed by atoms with Crippen LogP contribution in [0.2, 0.25) is 0 Å². The maximum Gasteiger partial charge on any atom is 0.409 e. The Hall–Kier alpha value is -1.74. The number of carbonyl (C=O) groups excluding carboxylic acids is 1. The zero-order valence-electron chi connectivity index (χ0n) is 7.84. The Bertz CT molecular complexity index is 479. The molecule has 0 aliphatic carbocycles. The topological polar surface area (TPSA) is 52.3 Å². The van der Waals surface area contributed by atoms with Crippen LogP contribution in [0.4, 0.5) is 4.79 Å². The number of rotatable bonds is 1. The van der Waals surface area contributed by atoms with Crippen molar-refractivity contribution in [3.63, 3.8) is 0 Å². The highest BCUT2D eigenvalue weighted by molar-refractivity contribution is 5.89. The van der Waals surface area contributed by atoms with E-state index in [-0.39, 0.29) is 12.4 Å². The van der Waals surface area contributed by atoms with E-state index in [1.165, 1.54) is 0 Å². The number of primary amides is 1. The molecule has 2 aromatic carbocycles. The zero-order valence-corrected chi connectivity index (χ0v) is 8.66. The normalized spacial score (nSPS) is 9.33. The summed E-state index contributed by atoms with van der Waals surface area (Å²) in [6.45, 7) is 0. The third-order valence-corrected chi connectivity index (χ3v) is 1.96. The Kier molecular flexibility index (Phi) is 3.52. The van der Waals surface area contributed by atoms with Gasteiger partial charge in [-0.25, -0.2) is 4.79 Å². The van der Waals surface area contributed by atoms with Crippen LogP contribution in [-0.2, 0) is 0 Å². The van der Waals surface area contributed by atoms with Gasteiger partial charge in [0.2, 0.25) is 0 Å². The molecule has 0 aliphatic rings. The van der Waals surface area contributed by atoms with Crippen LogP contribution in [0.5, 0.6) is 5.75 Å². The highest BCUT2D eigenvalue weighted by Crippen LogP contribution is 2.24. The summed E-state index contributed by atoms with van der Waals surface area (Å²) >= 11 is 0. The molecule has 0 unspecified atom stereocenters. The maximum absolute atomic E-state index is 10.6. The molecule has 0 bridgehead atoms. The molecule has 2 N–H and O–H groups in total. The number of fused-ring (bicyclic) bond motifs is 1. The fourth-order valence-electron chi connectivity index (χ4n) is 1.39. The van der Waals surface area contributed by atoms with Crippen molar-refractivity contribution in [3.05, 3.63) is 42.5 Å². The number of nitrogens with two attached hydrogens (primary N) is 1. The Morgan fingerprint density at radius 2 is 1.73 bits per heavy atom. The third kappa shape index (κ3) is 2.39. The number of carbonyl (C=O) groups is 1. The van der Waals surface area contributed by atoms with Gasteiger partial charge >= 0.3 is 6.09 Å². The van der Waals surface area contributed by atoms with Crippen LogP contribution < -0.4 is 10.5 Å². The van der Waals surface area contributed by atoms with E-state index in [9.17, 15) is 4.79 Å². The summed E-state index contributed by atoms with van der Waals surface area (Å²) in [7, 11) is 0. The number of benzene rings is 2. The molecule has 78 valence electrons. The van der Waals surface area contributed by atoms with E-state index < -0.39 is 6.09 Å². The second kappa shape index (κ2) is 4.66. The SMILES string of the molecule is Cl.NC(=O)Oc1cccc2ccccc12. The number of amides is 1. The molecule has 0 atom stereocenters. The van der Waals surface area contributed by atoms with Crippen LogP contribution >= 0.6 is 12.4 Å². The van der Waals surface area contributed by atoms with Gasteiger partial charge in [0.05, 0.1) is 0 Å². The van der Waals surface area contributed by atoms with Crippen molar-refractivity contribution in [2.75, 3.05) is 0 Å². The van der Waals surface area contributed by atoms with Gasteiger partial charge in [0.1, 0.15) is 5.75 Å². The lowest BCUT2D eigenvalue weighted by Gasteiger charge is -2.04. The molecular formula is C11H10ClNO2. The Labute approximate surface area is 93.2 Å². The Morgan fingerprint density at radius 1 is 1.07 bits per heavy atom. The van der Waals surface area contributed by atoms with Crippen LogP contribution in [0.3, 0.4) is 0 Å². The predicted octanol–water partition coefficient (Wildman–Crippen LogP) is 2.72. The van der Waals surface area contributed by atoms with E-state index in [4.69, 9.17) is 10.5 Å². The van der Waals surface area contributed by atoms with E-state index in [0.29, 0.717) is 5.75 Å². The lowest BCUT2D eigenvalue weighted by atomic mass is 10.1. The van der Waals surface area contributed by atoms with Gasteiger partial charge in [0.15, 0.2) is 0 Å². The quantitative estimate of drug-likeness (QED) is 0.808. The van der Waals surface area contributed by atoms with Crippen molar-refractivity contribution in [2.45, 2.75) is 0 Å². The van der Waals surface area contributed by atoms with Crippen molar-refractivity contribution >= 4 is 29.3 Å². The first-order valence-electron chi connectivity index (χ1n) is 4.22. The monoisotopic (exact) mass is 223 g/mol. The van der Waals surface area contributed by atoms with Crippen molar-refractivity contribution in [1.82, 2.24) is 0 Å². The van der Waals surface area contributed by atoms with Gasteiger partial charge in [0, 0.05) is 5.39 Å². The molecule has 0 saturated carbocycles. The Morgan fingerprint density at radius 3 is 2.47 bits per heavy atom. The van der Waals surface area contributed by atoms with Gasteiger partial charge in [-0.05, 0) is 11.5 Å². The van der Waals surface area contributed by atoms with E-state index in [1.54, 1.807) is 6.07 Å². The molecule has 0 aromatic heterocycles. The molecule has 2 aromatic rings. The van der Waals surface area contributed by atoms with Crippen LogP contribution in [0.1, 0.15) is 0 Å². The smallest absolute Gasteiger partial charge is 0.409 e. The second-order valence-corrected chi connectivity index (χ2v) is 2.90.